The Balaban J connectivity index is 1.66. The molecule has 0 saturated heterocycles. The highest BCUT2D eigenvalue weighted by molar-refractivity contribution is 5.97. The van der Waals surface area contributed by atoms with Gasteiger partial charge in [-0.1, -0.05) is 44.2 Å². The van der Waals surface area contributed by atoms with Crippen molar-refractivity contribution in [2.75, 3.05) is 5.32 Å². The van der Waals surface area contributed by atoms with E-state index in [1.165, 1.54) is 11.0 Å². The number of aromatic nitrogens is 6. The van der Waals surface area contributed by atoms with Crippen LogP contribution in [0.3, 0.4) is 0 Å². The highest BCUT2D eigenvalue weighted by Crippen LogP contribution is 2.25. The molecular formula is C20H21N7O. The number of amides is 1. The number of nitrogens with one attached hydrogen (secondary N) is 1. The number of fused-ring (bicyclic) bond motifs is 1. The van der Waals surface area contributed by atoms with E-state index in [4.69, 9.17) is 4.98 Å². The van der Waals surface area contributed by atoms with Crippen molar-refractivity contribution in [3.8, 4) is 0 Å². The van der Waals surface area contributed by atoms with E-state index >= 15 is 0 Å². The number of carbonyl (C=O) groups is 1. The average molecular weight is 375 g/mol. The van der Waals surface area contributed by atoms with E-state index in [0.29, 0.717) is 11.6 Å². The van der Waals surface area contributed by atoms with Crippen LogP contribution in [0.5, 0.6) is 0 Å². The number of aryl methyl sites for hydroxylation is 1. The molecule has 8 nitrogen and oxygen atoms in total. The molecule has 0 aliphatic rings. The molecule has 2 aromatic heterocycles. The molecule has 0 aliphatic heterocycles. The Morgan fingerprint density at radius 2 is 1.89 bits per heavy atom. The Kier molecular flexibility index (Phi) is 4.60. The van der Waals surface area contributed by atoms with Gasteiger partial charge in [0.25, 0.3) is 5.91 Å². The van der Waals surface area contributed by atoms with Gasteiger partial charge < -0.3 is 9.88 Å². The molecule has 1 atom stereocenters. The number of hydrogen-bond donors (Lipinski definition) is 1. The van der Waals surface area contributed by atoms with Gasteiger partial charge in [0.2, 0.25) is 0 Å². The lowest BCUT2D eigenvalue weighted by Gasteiger charge is -2.16. The van der Waals surface area contributed by atoms with Crippen LogP contribution in [0.2, 0.25) is 0 Å². The smallest absolute Gasteiger partial charge is 0.253 e. The highest BCUT2D eigenvalue weighted by Gasteiger charge is 2.24. The minimum Gasteiger partial charge on any atom is -0.331 e. The normalized spacial score (nSPS) is 12.4. The van der Waals surface area contributed by atoms with Crippen molar-refractivity contribution in [2.45, 2.75) is 25.8 Å². The summed E-state index contributed by atoms with van der Waals surface area (Å²) in [5.74, 6) is 1.10. The monoisotopic (exact) mass is 375 g/mol. The number of carbonyl (C=O) groups excluding carboxylic acids is 1. The Bertz CT molecular complexity index is 1100. The lowest BCUT2D eigenvalue weighted by Crippen LogP contribution is -2.27. The van der Waals surface area contributed by atoms with Crippen LogP contribution >= 0.6 is 0 Å². The van der Waals surface area contributed by atoms with Gasteiger partial charge in [-0.25, -0.2) is 9.67 Å². The Morgan fingerprint density at radius 1 is 1.11 bits per heavy atom. The summed E-state index contributed by atoms with van der Waals surface area (Å²) in [5, 5.41) is 14.2. The number of nitrogens with zero attached hydrogens (tertiary/aromatic N) is 6. The van der Waals surface area contributed by atoms with E-state index in [0.717, 1.165) is 22.4 Å². The number of hydrogen-bond acceptors (Lipinski definition) is 5. The summed E-state index contributed by atoms with van der Waals surface area (Å²) in [4.78, 5) is 17.8. The maximum atomic E-state index is 13.1. The molecule has 0 unspecified atom stereocenters. The number of benzene rings is 2. The molecule has 0 aliphatic carbocycles. The second-order valence-electron chi connectivity index (χ2n) is 6.98. The van der Waals surface area contributed by atoms with Gasteiger partial charge in [-0.15, -0.1) is 5.10 Å². The molecule has 0 spiro atoms. The van der Waals surface area contributed by atoms with Crippen LogP contribution in [0.4, 0.5) is 5.69 Å². The van der Waals surface area contributed by atoms with Crippen molar-refractivity contribution in [2.24, 2.45) is 7.05 Å². The van der Waals surface area contributed by atoms with Gasteiger partial charge in [0.1, 0.15) is 12.2 Å². The molecule has 1 N–H and O–H groups in total. The van der Waals surface area contributed by atoms with Crippen LogP contribution in [0.25, 0.3) is 11.0 Å². The summed E-state index contributed by atoms with van der Waals surface area (Å²) in [5.41, 5.74) is 3.36. The Morgan fingerprint density at radius 3 is 2.57 bits per heavy atom. The highest BCUT2D eigenvalue weighted by atomic mass is 16.2. The summed E-state index contributed by atoms with van der Waals surface area (Å²) in [6.45, 7) is 4.22. The summed E-state index contributed by atoms with van der Waals surface area (Å²) < 4.78 is 3.53. The molecular weight excluding hydrogens is 354 g/mol. The fourth-order valence-corrected chi connectivity index (χ4v) is 3.37. The second kappa shape index (κ2) is 7.22. The zero-order valence-corrected chi connectivity index (χ0v) is 15.9. The molecule has 0 radical (unpaired) electrons. The predicted molar refractivity (Wildman–Crippen MR) is 106 cm³/mol. The molecule has 1 amide bonds. The largest absolute Gasteiger partial charge is 0.331 e. The summed E-state index contributed by atoms with van der Waals surface area (Å²) in [6, 6.07) is 14.5. The summed E-state index contributed by atoms with van der Waals surface area (Å²) in [6.07, 6.45) is 1.44. The van der Waals surface area contributed by atoms with Gasteiger partial charge in [0, 0.05) is 18.7 Å². The van der Waals surface area contributed by atoms with Gasteiger partial charge in [-0.2, -0.15) is 0 Å². The predicted octanol–water partition coefficient (Wildman–Crippen LogP) is 2.91. The van der Waals surface area contributed by atoms with Crippen molar-refractivity contribution in [3.05, 3.63) is 66.2 Å². The zero-order valence-electron chi connectivity index (χ0n) is 15.9. The van der Waals surface area contributed by atoms with Gasteiger partial charge in [-0.05, 0) is 34.2 Å². The molecule has 4 aromatic rings. The lowest BCUT2D eigenvalue weighted by atomic mass is 10.1. The molecule has 2 heterocycles. The molecule has 0 saturated carbocycles. The second-order valence-corrected chi connectivity index (χ2v) is 6.98. The van der Waals surface area contributed by atoms with Crippen molar-refractivity contribution in [3.63, 3.8) is 0 Å². The van der Waals surface area contributed by atoms with E-state index in [1.54, 1.807) is 0 Å². The van der Waals surface area contributed by atoms with Crippen LogP contribution in [-0.4, -0.2) is 35.7 Å². The summed E-state index contributed by atoms with van der Waals surface area (Å²) >= 11 is 0. The number of anilines is 1. The number of rotatable bonds is 5. The minimum atomic E-state index is -0.665. The molecule has 28 heavy (non-hydrogen) atoms. The molecule has 0 fully saturated rings. The van der Waals surface area contributed by atoms with Crippen molar-refractivity contribution in [1.82, 2.24) is 29.8 Å². The molecule has 4 rings (SSSR count). The van der Waals surface area contributed by atoms with Crippen molar-refractivity contribution >= 4 is 22.6 Å². The van der Waals surface area contributed by atoms with Gasteiger partial charge in [0.05, 0.1) is 11.0 Å². The number of tetrazole rings is 1. The maximum absolute atomic E-state index is 13.1. The fourth-order valence-electron chi connectivity index (χ4n) is 3.37. The van der Waals surface area contributed by atoms with Crippen LogP contribution < -0.4 is 5.32 Å². The molecule has 0 bridgehead atoms. The first-order chi connectivity index (χ1) is 13.5. The third-order valence-electron chi connectivity index (χ3n) is 4.69. The van der Waals surface area contributed by atoms with E-state index in [2.05, 4.69) is 39.3 Å². The van der Waals surface area contributed by atoms with E-state index in [1.807, 2.05) is 55.6 Å². The molecule has 142 valence electrons. The third-order valence-corrected chi connectivity index (χ3v) is 4.69. The van der Waals surface area contributed by atoms with E-state index in [9.17, 15) is 4.79 Å². The van der Waals surface area contributed by atoms with Crippen LogP contribution in [0, 0.1) is 0 Å². The SMILES string of the molecule is CC(C)c1nc2cc(NC(=O)[C@@H](c3ccccc3)n3cnnn3)ccc2n1C. The standard InChI is InChI=1S/C20H21N7O/c1-13(2)19-23-16-11-15(9-10-17(16)26(19)3)22-20(28)18(27-12-21-24-25-27)14-7-5-4-6-8-14/h4-13,18H,1-3H3,(H,22,28)/t18-/m1/s1. The average Bonchev–Trinajstić information content (AvgIpc) is 3.31. The lowest BCUT2D eigenvalue weighted by molar-refractivity contribution is -0.118. The Labute approximate surface area is 162 Å². The maximum Gasteiger partial charge on any atom is 0.253 e. The summed E-state index contributed by atoms with van der Waals surface area (Å²) in [7, 11) is 2.01. The van der Waals surface area contributed by atoms with Crippen LogP contribution in [-0.2, 0) is 11.8 Å². The molecule has 2 aromatic carbocycles. The van der Waals surface area contributed by atoms with Gasteiger partial charge in [0.15, 0.2) is 6.04 Å². The van der Waals surface area contributed by atoms with E-state index in [-0.39, 0.29) is 5.91 Å². The van der Waals surface area contributed by atoms with Gasteiger partial charge >= 0.3 is 0 Å². The van der Waals surface area contributed by atoms with Crippen molar-refractivity contribution in [1.29, 1.82) is 0 Å². The van der Waals surface area contributed by atoms with Crippen LogP contribution in [0.15, 0.2) is 54.9 Å². The first kappa shape index (κ1) is 17.8. The third kappa shape index (κ3) is 3.24. The van der Waals surface area contributed by atoms with E-state index < -0.39 is 6.04 Å². The van der Waals surface area contributed by atoms with Crippen molar-refractivity contribution < 1.29 is 4.79 Å². The number of imidazole rings is 1. The zero-order chi connectivity index (χ0) is 19.7. The molecule has 8 heteroatoms. The Hall–Kier alpha value is -3.55. The fraction of sp³-hybridized carbons (Fsp3) is 0.250. The topological polar surface area (TPSA) is 90.5 Å². The van der Waals surface area contributed by atoms with Crippen LogP contribution in [0.1, 0.15) is 37.2 Å². The first-order valence-electron chi connectivity index (χ1n) is 9.09. The minimum absolute atomic E-state index is 0.224. The first-order valence-corrected chi connectivity index (χ1v) is 9.09. The van der Waals surface area contributed by atoms with Gasteiger partial charge in [-0.3, -0.25) is 4.79 Å². The quantitative estimate of drug-likeness (QED) is 0.579.